The fraction of sp³-hybridized carbons (Fsp3) is 0.500. The van der Waals surface area contributed by atoms with Crippen molar-refractivity contribution in [2.75, 3.05) is 60.4 Å². The van der Waals surface area contributed by atoms with Gasteiger partial charge in [-0.3, -0.25) is 20.0 Å². The average Bonchev–Trinajstić information content (AvgIpc) is 3.20. The molecule has 3 aromatic rings. The van der Waals surface area contributed by atoms with E-state index in [4.69, 9.17) is 23.7 Å². The normalized spacial score (nSPS) is 13.2. The number of hydrazine groups is 1. The molecule has 323 valence electrons. The van der Waals surface area contributed by atoms with Gasteiger partial charge in [-0.05, 0) is 40.5 Å². The standard InChI is InChI=1S/C44H63N6O9/c1-43(2,3)37(48-42(54)59-29-28-58-27-26-57-25-24-55-7)39(51)46-35(30-32-14-10-9-11-15-32)21-23-50(49-40(52)38(44(4,5)6)47-41(53)56-8)31-33-17-19-34(20-18-33)36-16-12-13-22-45-36/h9-22,35,37-38H,23-31H2,1-8H3,(H,46,51)(H,47,53)(H,48,54)(H,49,52)/t35-,37-,38-/m0/s1. The number of carbonyl (C=O) groups excluding carboxylic acids is 4. The van der Waals surface area contributed by atoms with Gasteiger partial charge < -0.3 is 39.6 Å². The van der Waals surface area contributed by atoms with Crippen LogP contribution in [0.2, 0.25) is 0 Å². The van der Waals surface area contributed by atoms with E-state index in [-0.39, 0.29) is 26.3 Å². The van der Waals surface area contributed by atoms with E-state index in [1.54, 1.807) is 18.3 Å². The molecule has 15 nitrogen and oxygen atoms in total. The van der Waals surface area contributed by atoms with Gasteiger partial charge in [-0.1, -0.05) is 102 Å². The van der Waals surface area contributed by atoms with Crippen molar-refractivity contribution in [3.05, 3.63) is 96.5 Å². The fourth-order valence-electron chi connectivity index (χ4n) is 5.83. The molecule has 3 rings (SSSR count). The minimum absolute atomic E-state index is 0.00849. The molecule has 4 N–H and O–H groups in total. The van der Waals surface area contributed by atoms with Crippen molar-refractivity contribution in [3.63, 3.8) is 0 Å². The second kappa shape index (κ2) is 24.7. The van der Waals surface area contributed by atoms with E-state index in [9.17, 15) is 19.2 Å². The predicted octanol–water partition coefficient (Wildman–Crippen LogP) is 5.10. The van der Waals surface area contributed by atoms with E-state index >= 15 is 0 Å². The van der Waals surface area contributed by atoms with E-state index in [1.807, 2.05) is 121 Å². The van der Waals surface area contributed by atoms with Crippen LogP contribution in [-0.4, -0.2) is 113 Å². The molecule has 0 saturated carbocycles. The second-order valence-electron chi connectivity index (χ2n) is 16.0. The number of hydrogen-bond donors (Lipinski definition) is 4. The number of nitrogens with zero attached hydrogens (tertiary/aromatic N) is 2. The molecule has 0 fully saturated rings. The number of aromatic nitrogens is 1. The Labute approximate surface area is 349 Å². The Bertz CT molecular complexity index is 1700. The van der Waals surface area contributed by atoms with E-state index < -0.39 is 53.0 Å². The minimum atomic E-state index is -0.956. The van der Waals surface area contributed by atoms with E-state index in [0.29, 0.717) is 32.8 Å². The van der Waals surface area contributed by atoms with Crippen molar-refractivity contribution in [1.29, 1.82) is 0 Å². The van der Waals surface area contributed by atoms with Crippen LogP contribution < -0.4 is 21.4 Å². The Morgan fingerprint density at radius 1 is 0.678 bits per heavy atom. The molecule has 3 atom stereocenters. The maximum atomic E-state index is 14.1. The largest absolute Gasteiger partial charge is 0.453 e. The van der Waals surface area contributed by atoms with Gasteiger partial charge in [0.2, 0.25) is 5.91 Å². The summed E-state index contributed by atoms with van der Waals surface area (Å²) >= 11 is 0. The molecule has 1 heterocycles. The Kier molecular flexibility index (Phi) is 20.2. The van der Waals surface area contributed by atoms with E-state index in [2.05, 4.69) is 26.4 Å². The number of ether oxygens (including phenoxy) is 5. The SMILES string of the molecule is COCCOCCOCCOC(=O)N[C@@H](C(=O)N[C@@H]([CH]CN(Cc1ccc(-c2ccccn2)cc1)NC(=O)[C@H](NC(=O)OC)C(C)(C)C)Cc1ccccc1)C(C)(C)C. The van der Waals surface area contributed by atoms with E-state index in [0.717, 1.165) is 22.4 Å². The molecule has 4 amide bonds. The summed E-state index contributed by atoms with van der Waals surface area (Å²) < 4.78 is 25.9. The number of carbonyl (C=O) groups is 4. The molecule has 1 radical (unpaired) electrons. The topological polar surface area (TPSA) is 179 Å². The van der Waals surface area contributed by atoms with Crippen LogP contribution in [0.25, 0.3) is 11.3 Å². The zero-order valence-electron chi connectivity index (χ0n) is 35.7. The van der Waals surface area contributed by atoms with Gasteiger partial charge in [-0.25, -0.2) is 14.6 Å². The molecule has 2 aromatic carbocycles. The molecule has 59 heavy (non-hydrogen) atoms. The van der Waals surface area contributed by atoms with Gasteiger partial charge in [0.05, 0.1) is 45.8 Å². The van der Waals surface area contributed by atoms with Crippen LogP contribution in [0.1, 0.15) is 52.7 Å². The van der Waals surface area contributed by atoms with Gasteiger partial charge in [-0.2, -0.15) is 0 Å². The maximum absolute atomic E-state index is 14.1. The van der Waals surface area contributed by atoms with Crippen LogP contribution >= 0.6 is 0 Å². The van der Waals surface area contributed by atoms with Crippen LogP contribution in [0.3, 0.4) is 0 Å². The highest BCUT2D eigenvalue weighted by Gasteiger charge is 2.36. The molecule has 0 unspecified atom stereocenters. The maximum Gasteiger partial charge on any atom is 0.407 e. The number of nitrogens with one attached hydrogen (secondary N) is 4. The number of rotatable bonds is 23. The molecule has 15 heteroatoms. The smallest absolute Gasteiger partial charge is 0.407 e. The van der Waals surface area contributed by atoms with Crippen LogP contribution in [-0.2, 0) is 46.2 Å². The molecule has 0 bridgehead atoms. The van der Waals surface area contributed by atoms with Gasteiger partial charge >= 0.3 is 12.2 Å². The molecule has 0 aliphatic heterocycles. The first-order chi connectivity index (χ1) is 28.1. The highest BCUT2D eigenvalue weighted by molar-refractivity contribution is 5.87. The monoisotopic (exact) mass is 819 g/mol. The summed E-state index contributed by atoms with van der Waals surface area (Å²) in [5.41, 5.74) is 5.29. The highest BCUT2D eigenvalue weighted by atomic mass is 16.6. The van der Waals surface area contributed by atoms with E-state index in [1.165, 1.54) is 7.11 Å². The number of hydrogen-bond acceptors (Lipinski definition) is 11. The van der Waals surface area contributed by atoms with Gasteiger partial charge in [0, 0.05) is 44.4 Å². The summed E-state index contributed by atoms with van der Waals surface area (Å²) in [6.45, 7) is 13.4. The highest BCUT2D eigenvalue weighted by Crippen LogP contribution is 2.22. The summed E-state index contributed by atoms with van der Waals surface area (Å²) in [6.07, 6.45) is 2.59. The second-order valence-corrected chi connectivity index (χ2v) is 16.0. The summed E-state index contributed by atoms with van der Waals surface area (Å²) in [7, 11) is 2.84. The number of benzene rings is 2. The number of methoxy groups -OCH3 is 2. The molecule has 0 spiro atoms. The lowest BCUT2D eigenvalue weighted by Crippen LogP contribution is -2.58. The summed E-state index contributed by atoms with van der Waals surface area (Å²) in [5, 5.41) is 10.3. The summed E-state index contributed by atoms with van der Waals surface area (Å²) in [4.78, 5) is 57.6. The summed E-state index contributed by atoms with van der Waals surface area (Å²) in [6, 6.07) is 20.8. The number of alkyl carbamates (subject to hydrolysis) is 2. The molecule has 1 aromatic heterocycles. The summed E-state index contributed by atoms with van der Waals surface area (Å²) in [5.74, 6) is -0.853. The quantitative estimate of drug-likeness (QED) is 0.0739. The molecule has 0 saturated heterocycles. The molecule has 0 aliphatic rings. The number of amides is 4. The van der Waals surface area contributed by atoms with Gasteiger partial charge in [-0.15, -0.1) is 0 Å². The number of pyridine rings is 1. The molecular weight excluding hydrogens is 757 g/mol. The van der Waals surface area contributed by atoms with Gasteiger partial charge in [0.25, 0.3) is 5.91 Å². The van der Waals surface area contributed by atoms with Crippen LogP contribution in [0.15, 0.2) is 79.0 Å². The van der Waals surface area contributed by atoms with Crippen molar-refractivity contribution in [3.8, 4) is 11.3 Å². The first-order valence-corrected chi connectivity index (χ1v) is 19.8. The van der Waals surface area contributed by atoms with Crippen LogP contribution in [0.5, 0.6) is 0 Å². The molecular formula is C44H63N6O9. The zero-order valence-corrected chi connectivity index (χ0v) is 35.7. The third-order valence-electron chi connectivity index (χ3n) is 9.02. The Morgan fingerprint density at radius 2 is 1.27 bits per heavy atom. The molecule has 0 aliphatic carbocycles. The van der Waals surface area contributed by atoms with Crippen molar-refractivity contribution in [1.82, 2.24) is 31.4 Å². The Morgan fingerprint density at radius 3 is 1.86 bits per heavy atom. The lowest BCUT2D eigenvalue weighted by atomic mass is 9.86. The van der Waals surface area contributed by atoms with Crippen molar-refractivity contribution in [2.24, 2.45) is 10.8 Å². The first-order valence-electron chi connectivity index (χ1n) is 19.8. The van der Waals surface area contributed by atoms with Crippen LogP contribution in [0.4, 0.5) is 9.59 Å². The first kappa shape index (κ1) is 48.3. The third kappa shape index (κ3) is 18.2. The third-order valence-corrected chi connectivity index (χ3v) is 9.02. The predicted molar refractivity (Wildman–Crippen MR) is 225 cm³/mol. The van der Waals surface area contributed by atoms with Crippen molar-refractivity contribution in [2.45, 2.75) is 72.6 Å². The fourth-order valence-corrected chi connectivity index (χ4v) is 5.83. The minimum Gasteiger partial charge on any atom is -0.453 e. The van der Waals surface area contributed by atoms with Crippen LogP contribution in [0, 0.1) is 17.3 Å². The van der Waals surface area contributed by atoms with Gasteiger partial charge in [0.1, 0.15) is 18.7 Å². The average molecular weight is 820 g/mol. The van der Waals surface area contributed by atoms with Crippen molar-refractivity contribution < 1.29 is 42.9 Å². The zero-order chi connectivity index (χ0) is 43.3. The van der Waals surface area contributed by atoms with Gasteiger partial charge in [0.15, 0.2) is 0 Å². The lowest BCUT2D eigenvalue weighted by molar-refractivity contribution is -0.131. The Balaban J connectivity index is 1.79. The van der Waals surface area contributed by atoms with Crippen molar-refractivity contribution >= 4 is 24.0 Å². The lowest BCUT2D eigenvalue weighted by Gasteiger charge is -2.34. The Hall–Kier alpha value is -5.09.